The molecule has 0 unspecified atom stereocenters. The van der Waals surface area contributed by atoms with E-state index in [4.69, 9.17) is 11.6 Å². The van der Waals surface area contributed by atoms with E-state index < -0.39 is 0 Å². The molecule has 0 aromatic heterocycles. The van der Waals surface area contributed by atoms with Gasteiger partial charge in [-0.3, -0.25) is 4.79 Å². The average Bonchev–Trinajstić information content (AvgIpc) is 2.48. The van der Waals surface area contributed by atoms with E-state index in [0.717, 1.165) is 28.6 Å². The Hall–Kier alpha value is -1.07. The fourth-order valence-electron chi connectivity index (χ4n) is 2.55. The van der Waals surface area contributed by atoms with Crippen molar-refractivity contribution >= 4 is 45.8 Å². The molecule has 1 heterocycles. The molecule has 102 valence electrons. The van der Waals surface area contributed by atoms with Crippen LogP contribution < -0.4 is 4.90 Å². The number of hydrogen-bond donors (Lipinski definition) is 0. The first kappa shape index (κ1) is 13.9. The van der Waals surface area contributed by atoms with Crippen LogP contribution in [0.25, 0.3) is 0 Å². The Morgan fingerprint density at radius 1 is 1.20 bits per heavy atom. The third-order valence-corrected chi connectivity index (χ3v) is 4.69. The van der Waals surface area contributed by atoms with Crippen LogP contribution in [0.1, 0.15) is 22.3 Å². The average molecular weight is 398 g/mol. The molecule has 20 heavy (non-hydrogen) atoms. The van der Waals surface area contributed by atoms with Gasteiger partial charge in [0.05, 0.1) is 5.56 Å². The van der Waals surface area contributed by atoms with Gasteiger partial charge in [0.1, 0.15) is 0 Å². The molecule has 0 atom stereocenters. The molecule has 1 aliphatic heterocycles. The lowest BCUT2D eigenvalue weighted by Crippen LogP contribution is -2.35. The number of rotatable bonds is 1. The Morgan fingerprint density at radius 2 is 2.00 bits per heavy atom. The summed E-state index contributed by atoms with van der Waals surface area (Å²) in [7, 11) is 0. The van der Waals surface area contributed by atoms with Gasteiger partial charge < -0.3 is 4.90 Å². The fraction of sp³-hybridized carbons (Fsp3) is 0.188. The van der Waals surface area contributed by atoms with E-state index in [-0.39, 0.29) is 5.91 Å². The van der Waals surface area contributed by atoms with Crippen molar-refractivity contribution in [2.45, 2.75) is 12.8 Å². The second-order valence-corrected chi connectivity index (χ2v) is 6.41. The van der Waals surface area contributed by atoms with Crippen LogP contribution in [-0.4, -0.2) is 12.5 Å². The highest BCUT2D eigenvalue weighted by molar-refractivity contribution is 14.1. The number of carbonyl (C=O) groups is 1. The van der Waals surface area contributed by atoms with Crippen molar-refractivity contribution in [1.82, 2.24) is 0 Å². The summed E-state index contributed by atoms with van der Waals surface area (Å²) in [5.74, 6) is 0.0315. The van der Waals surface area contributed by atoms with Gasteiger partial charge in [-0.05, 0) is 65.3 Å². The third kappa shape index (κ3) is 2.56. The molecular weight excluding hydrogens is 385 g/mol. The molecule has 4 heteroatoms. The summed E-state index contributed by atoms with van der Waals surface area (Å²) in [4.78, 5) is 14.7. The summed E-state index contributed by atoms with van der Waals surface area (Å²) < 4.78 is 0.931. The molecule has 0 N–H and O–H groups in total. The van der Waals surface area contributed by atoms with Crippen LogP contribution in [0, 0.1) is 3.57 Å². The van der Waals surface area contributed by atoms with Gasteiger partial charge >= 0.3 is 0 Å². The predicted molar refractivity (Wildman–Crippen MR) is 90.6 cm³/mol. The Morgan fingerprint density at radius 3 is 2.85 bits per heavy atom. The molecule has 0 bridgehead atoms. The van der Waals surface area contributed by atoms with Crippen molar-refractivity contribution < 1.29 is 4.79 Å². The molecule has 0 aliphatic carbocycles. The molecule has 2 aromatic carbocycles. The number of carbonyl (C=O) groups excluding carboxylic acids is 1. The number of nitrogens with zero attached hydrogens (tertiary/aromatic N) is 1. The summed E-state index contributed by atoms with van der Waals surface area (Å²) >= 11 is 8.21. The van der Waals surface area contributed by atoms with Crippen LogP contribution in [0.15, 0.2) is 42.5 Å². The summed E-state index contributed by atoms with van der Waals surface area (Å²) in [6.45, 7) is 0.762. The topological polar surface area (TPSA) is 20.3 Å². The molecule has 3 rings (SSSR count). The van der Waals surface area contributed by atoms with E-state index in [1.165, 1.54) is 5.56 Å². The van der Waals surface area contributed by atoms with E-state index >= 15 is 0 Å². The predicted octanol–water partition coefficient (Wildman–Crippen LogP) is 4.54. The highest BCUT2D eigenvalue weighted by Crippen LogP contribution is 2.29. The minimum Gasteiger partial charge on any atom is -0.308 e. The summed E-state index contributed by atoms with van der Waals surface area (Å²) in [6.07, 6.45) is 2.03. The lowest BCUT2D eigenvalue weighted by molar-refractivity contribution is 0.0984. The van der Waals surface area contributed by atoms with Crippen molar-refractivity contribution in [3.8, 4) is 0 Å². The summed E-state index contributed by atoms with van der Waals surface area (Å²) in [5, 5.41) is 0.596. The zero-order chi connectivity index (χ0) is 14.1. The normalized spacial score (nSPS) is 14.0. The van der Waals surface area contributed by atoms with Crippen molar-refractivity contribution in [3.63, 3.8) is 0 Å². The zero-order valence-corrected chi connectivity index (χ0v) is 13.7. The zero-order valence-electron chi connectivity index (χ0n) is 10.8. The first-order valence-corrected chi connectivity index (χ1v) is 7.97. The van der Waals surface area contributed by atoms with E-state index in [1.54, 1.807) is 6.07 Å². The van der Waals surface area contributed by atoms with E-state index in [2.05, 4.69) is 28.7 Å². The van der Waals surface area contributed by atoms with Crippen molar-refractivity contribution in [2.75, 3.05) is 11.4 Å². The van der Waals surface area contributed by atoms with Crippen LogP contribution in [-0.2, 0) is 6.42 Å². The number of para-hydroxylation sites is 1. The van der Waals surface area contributed by atoms with Crippen LogP contribution in [0.2, 0.25) is 5.02 Å². The Bertz CT molecular complexity index is 671. The maximum absolute atomic E-state index is 12.8. The lowest BCUT2D eigenvalue weighted by atomic mass is 10.0. The van der Waals surface area contributed by atoms with Gasteiger partial charge in [-0.1, -0.05) is 29.8 Å². The van der Waals surface area contributed by atoms with Gasteiger partial charge in [-0.15, -0.1) is 0 Å². The van der Waals surface area contributed by atoms with Crippen molar-refractivity contribution in [3.05, 3.63) is 62.2 Å². The molecular formula is C16H13ClINO. The minimum atomic E-state index is 0.0315. The molecule has 1 amide bonds. The second-order valence-electron chi connectivity index (χ2n) is 4.81. The number of amides is 1. The Kier molecular flexibility index (Phi) is 3.98. The number of benzene rings is 2. The molecule has 0 radical (unpaired) electrons. The first-order valence-electron chi connectivity index (χ1n) is 6.51. The van der Waals surface area contributed by atoms with Crippen LogP contribution in [0.5, 0.6) is 0 Å². The minimum absolute atomic E-state index is 0.0315. The standard InChI is InChI=1S/C16H13ClINO/c17-12-7-8-14(18)13(10-12)16(20)19-9-3-5-11-4-1-2-6-15(11)19/h1-2,4,6-8,10H,3,5,9H2. The number of anilines is 1. The molecule has 2 nitrogen and oxygen atoms in total. The summed E-state index contributed by atoms with van der Waals surface area (Å²) in [6, 6.07) is 13.6. The van der Waals surface area contributed by atoms with E-state index in [9.17, 15) is 4.79 Å². The van der Waals surface area contributed by atoms with E-state index in [1.807, 2.05) is 35.2 Å². The molecule has 1 aliphatic rings. The van der Waals surface area contributed by atoms with Gasteiger partial charge in [-0.2, -0.15) is 0 Å². The van der Waals surface area contributed by atoms with Crippen LogP contribution in [0.4, 0.5) is 5.69 Å². The Labute approximate surface area is 136 Å². The lowest BCUT2D eigenvalue weighted by Gasteiger charge is -2.29. The quantitative estimate of drug-likeness (QED) is 0.647. The smallest absolute Gasteiger partial charge is 0.259 e. The van der Waals surface area contributed by atoms with Crippen molar-refractivity contribution in [1.29, 1.82) is 0 Å². The second kappa shape index (κ2) is 5.74. The fourth-order valence-corrected chi connectivity index (χ4v) is 3.29. The third-order valence-electron chi connectivity index (χ3n) is 3.51. The van der Waals surface area contributed by atoms with E-state index in [0.29, 0.717) is 10.6 Å². The van der Waals surface area contributed by atoms with Gasteiger partial charge in [0.15, 0.2) is 0 Å². The van der Waals surface area contributed by atoms with Gasteiger partial charge in [-0.25, -0.2) is 0 Å². The van der Waals surface area contributed by atoms with Crippen molar-refractivity contribution in [2.24, 2.45) is 0 Å². The number of halogens is 2. The molecule has 2 aromatic rings. The molecule has 0 spiro atoms. The summed E-state index contributed by atoms with van der Waals surface area (Å²) in [5.41, 5.74) is 2.94. The van der Waals surface area contributed by atoms with Gasteiger partial charge in [0.25, 0.3) is 5.91 Å². The van der Waals surface area contributed by atoms with Crippen LogP contribution >= 0.6 is 34.2 Å². The SMILES string of the molecule is O=C(c1cc(Cl)ccc1I)N1CCCc2ccccc21. The number of hydrogen-bond acceptors (Lipinski definition) is 1. The maximum Gasteiger partial charge on any atom is 0.259 e. The molecule has 0 fully saturated rings. The van der Waals surface area contributed by atoms with Gasteiger partial charge in [0.2, 0.25) is 0 Å². The Balaban J connectivity index is 2.02. The first-order chi connectivity index (χ1) is 9.66. The molecule has 0 saturated carbocycles. The highest BCUT2D eigenvalue weighted by atomic mass is 127. The largest absolute Gasteiger partial charge is 0.308 e. The molecule has 0 saturated heterocycles. The number of fused-ring (bicyclic) bond motifs is 1. The number of aryl methyl sites for hydroxylation is 1. The maximum atomic E-state index is 12.8. The van der Waals surface area contributed by atoms with Gasteiger partial charge in [0, 0.05) is 20.8 Å². The highest BCUT2D eigenvalue weighted by Gasteiger charge is 2.24. The monoisotopic (exact) mass is 397 g/mol. The van der Waals surface area contributed by atoms with Crippen LogP contribution in [0.3, 0.4) is 0 Å².